The molecule has 0 bridgehead atoms. The molecule has 0 radical (unpaired) electrons. The molecule has 0 aliphatic carbocycles. The van der Waals surface area contributed by atoms with Crippen LogP contribution < -0.4 is 5.32 Å². The first-order valence-corrected chi connectivity index (χ1v) is 8.34. The summed E-state index contributed by atoms with van der Waals surface area (Å²) in [6, 6.07) is 9.78. The number of fused-ring (bicyclic) bond motifs is 1. The summed E-state index contributed by atoms with van der Waals surface area (Å²) in [5.74, 6) is 0.336. The van der Waals surface area contributed by atoms with E-state index in [0.717, 1.165) is 12.1 Å². The zero-order chi connectivity index (χ0) is 16.6. The third kappa shape index (κ3) is 3.08. The zero-order valence-corrected chi connectivity index (χ0v) is 14.5. The molecule has 23 heavy (non-hydrogen) atoms. The molecule has 2 amide bonds. The summed E-state index contributed by atoms with van der Waals surface area (Å²) in [4.78, 5) is 14.7. The van der Waals surface area contributed by atoms with E-state index in [1.165, 1.54) is 5.69 Å². The van der Waals surface area contributed by atoms with Crippen LogP contribution in [0.15, 0.2) is 36.5 Å². The molecule has 1 aromatic heterocycles. The van der Waals surface area contributed by atoms with E-state index in [1.807, 2.05) is 36.1 Å². The van der Waals surface area contributed by atoms with Crippen molar-refractivity contribution in [2.24, 2.45) is 5.92 Å². The molecule has 0 saturated carbocycles. The highest BCUT2D eigenvalue weighted by Gasteiger charge is 2.33. The van der Waals surface area contributed by atoms with E-state index in [2.05, 4.69) is 36.0 Å². The van der Waals surface area contributed by atoms with Gasteiger partial charge in [0.15, 0.2) is 0 Å². The normalized spacial score (nSPS) is 17.3. The van der Waals surface area contributed by atoms with Crippen molar-refractivity contribution in [2.45, 2.75) is 33.4 Å². The molecule has 0 fully saturated rings. The number of nitrogens with zero attached hydrogens (tertiary/aromatic N) is 2. The van der Waals surface area contributed by atoms with Crippen LogP contribution >= 0.6 is 11.6 Å². The third-order valence-corrected chi connectivity index (χ3v) is 4.66. The van der Waals surface area contributed by atoms with Gasteiger partial charge in [-0.15, -0.1) is 0 Å². The van der Waals surface area contributed by atoms with Crippen molar-refractivity contribution >= 4 is 23.3 Å². The van der Waals surface area contributed by atoms with Crippen LogP contribution in [0.4, 0.5) is 10.5 Å². The molecule has 5 heteroatoms. The van der Waals surface area contributed by atoms with E-state index >= 15 is 0 Å². The monoisotopic (exact) mass is 331 g/mol. The van der Waals surface area contributed by atoms with Crippen LogP contribution in [-0.4, -0.2) is 22.0 Å². The van der Waals surface area contributed by atoms with Gasteiger partial charge in [-0.25, -0.2) is 4.79 Å². The Labute approximate surface area is 142 Å². The van der Waals surface area contributed by atoms with Gasteiger partial charge >= 0.3 is 6.03 Å². The molecule has 122 valence electrons. The number of rotatable bonds is 2. The molecular weight excluding hydrogens is 310 g/mol. The molecule has 1 aliphatic rings. The van der Waals surface area contributed by atoms with Crippen molar-refractivity contribution in [2.75, 3.05) is 11.9 Å². The van der Waals surface area contributed by atoms with Crippen LogP contribution in [0, 0.1) is 12.8 Å². The van der Waals surface area contributed by atoms with Crippen LogP contribution in [0.3, 0.4) is 0 Å². The van der Waals surface area contributed by atoms with Crippen LogP contribution in [0.1, 0.15) is 31.1 Å². The van der Waals surface area contributed by atoms with Gasteiger partial charge in [-0.3, -0.25) is 0 Å². The van der Waals surface area contributed by atoms with E-state index in [-0.39, 0.29) is 12.1 Å². The van der Waals surface area contributed by atoms with Gasteiger partial charge in [0.1, 0.15) is 0 Å². The van der Waals surface area contributed by atoms with Crippen molar-refractivity contribution in [3.63, 3.8) is 0 Å². The maximum Gasteiger partial charge on any atom is 0.322 e. The molecule has 1 aromatic carbocycles. The first kappa shape index (κ1) is 15.9. The Morgan fingerprint density at radius 1 is 1.30 bits per heavy atom. The van der Waals surface area contributed by atoms with Crippen LogP contribution in [-0.2, 0) is 6.54 Å². The predicted octanol–water partition coefficient (Wildman–Crippen LogP) is 4.69. The average molecular weight is 332 g/mol. The molecule has 1 aliphatic heterocycles. The highest BCUT2D eigenvalue weighted by atomic mass is 35.5. The van der Waals surface area contributed by atoms with Gasteiger partial charge in [0.2, 0.25) is 0 Å². The van der Waals surface area contributed by atoms with E-state index in [4.69, 9.17) is 11.6 Å². The molecule has 3 rings (SSSR count). The summed E-state index contributed by atoms with van der Waals surface area (Å²) in [6.45, 7) is 7.78. The van der Waals surface area contributed by atoms with Crippen molar-refractivity contribution in [3.8, 4) is 0 Å². The maximum absolute atomic E-state index is 12.8. The average Bonchev–Trinajstić information content (AvgIpc) is 2.97. The quantitative estimate of drug-likeness (QED) is 0.851. The van der Waals surface area contributed by atoms with Gasteiger partial charge < -0.3 is 14.8 Å². The van der Waals surface area contributed by atoms with Crippen LogP contribution in [0.25, 0.3) is 0 Å². The molecule has 1 N–H and O–H groups in total. The zero-order valence-electron chi connectivity index (χ0n) is 13.7. The number of aryl methyl sites for hydroxylation is 1. The molecule has 0 unspecified atom stereocenters. The third-order valence-electron chi connectivity index (χ3n) is 4.34. The minimum atomic E-state index is -0.0955. The lowest BCUT2D eigenvalue weighted by Crippen LogP contribution is -2.45. The number of carbonyl (C=O) groups excluding carboxylic acids is 1. The Bertz CT molecular complexity index is 723. The number of aromatic nitrogens is 1. The van der Waals surface area contributed by atoms with E-state index < -0.39 is 0 Å². The number of hydrogen-bond donors (Lipinski definition) is 1. The Hall–Kier alpha value is -1.94. The van der Waals surface area contributed by atoms with Gasteiger partial charge in [0.25, 0.3) is 0 Å². The van der Waals surface area contributed by atoms with Crippen molar-refractivity contribution in [1.82, 2.24) is 9.47 Å². The molecule has 4 nitrogen and oxygen atoms in total. The number of urea groups is 1. The number of benzene rings is 1. The first-order chi connectivity index (χ1) is 11.0. The van der Waals surface area contributed by atoms with Gasteiger partial charge in [0, 0.05) is 25.0 Å². The van der Waals surface area contributed by atoms with Gasteiger partial charge in [0.05, 0.1) is 16.8 Å². The largest absolute Gasteiger partial charge is 0.348 e. The van der Waals surface area contributed by atoms with Crippen molar-refractivity contribution < 1.29 is 4.79 Å². The number of hydrogen-bond acceptors (Lipinski definition) is 1. The Kier molecular flexibility index (Phi) is 4.35. The Morgan fingerprint density at radius 3 is 2.78 bits per heavy atom. The first-order valence-electron chi connectivity index (χ1n) is 7.96. The van der Waals surface area contributed by atoms with Crippen molar-refractivity contribution in [1.29, 1.82) is 0 Å². The summed E-state index contributed by atoms with van der Waals surface area (Å²) in [5, 5.41) is 3.53. The van der Waals surface area contributed by atoms with E-state index in [9.17, 15) is 4.79 Å². The second-order valence-electron chi connectivity index (χ2n) is 6.42. The lowest BCUT2D eigenvalue weighted by atomic mass is 9.97. The lowest BCUT2D eigenvalue weighted by molar-refractivity contribution is 0.144. The summed E-state index contributed by atoms with van der Waals surface area (Å²) < 4.78 is 2.23. The van der Waals surface area contributed by atoms with Gasteiger partial charge in [-0.05, 0) is 42.7 Å². The molecule has 2 aromatic rings. The standard InChI is InChI=1S/C18H22ClN3O/c1-12(2)17-16-5-4-8-21(16)9-10-22(17)18(23)20-15-7-6-13(3)11-14(15)19/h4-8,11-12,17H,9-10H2,1-3H3,(H,20,23)/t17-/m1/s1. The fourth-order valence-electron chi connectivity index (χ4n) is 3.25. The number of amides is 2. The highest BCUT2D eigenvalue weighted by Crippen LogP contribution is 2.33. The SMILES string of the molecule is Cc1ccc(NC(=O)N2CCn3cccc3[C@H]2C(C)C)c(Cl)c1. The molecular formula is C18H22ClN3O. The summed E-state index contributed by atoms with van der Waals surface area (Å²) in [7, 11) is 0. The second-order valence-corrected chi connectivity index (χ2v) is 6.83. The molecule has 1 atom stereocenters. The number of anilines is 1. The molecule has 0 spiro atoms. The fraction of sp³-hybridized carbons (Fsp3) is 0.389. The van der Waals surface area contributed by atoms with Crippen molar-refractivity contribution in [3.05, 3.63) is 52.8 Å². The minimum Gasteiger partial charge on any atom is -0.348 e. The lowest BCUT2D eigenvalue weighted by Gasteiger charge is -2.39. The van der Waals surface area contributed by atoms with Gasteiger partial charge in [-0.1, -0.05) is 31.5 Å². The Morgan fingerprint density at radius 2 is 2.09 bits per heavy atom. The van der Waals surface area contributed by atoms with E-state index in [0.29, 0.717) is 23.2 Å². The van der Waals surface area contributed by atoms with Gasteiger partial charge in [-0.2, -0.15) is 0 Å². The topological polar surface area (TPSA) is 37.3 Å². The summed E-state index contributed by atoms with van der Waals surface area (Å²) >= 11 is 6.24. The number of carbonyl (C=O) groups is 1. The van der Waals surface area contributed by atoms with Crippen LogP contribution in [0.5, 0.6) is 0 Å². The maximum atomic E-state index is 12.8. The fourth-order valence-corrected chi connectivity index (χ4v) is 3.53. The Balaban J connectivity index is 1.84. The minimum absolute atomic E-state index is 0.0722. The van der Waals surface area contributed by atoms with Crippen LogP contribution in [0.2, 0.25) is 5.02 Å². The highest BCUT2D eigenvalue weighted by molar-refractivity contribution is 6.33. The number of halogens is 1. The molecule has 2 heterocycles. The second kappa shape index (κ2) is 6.28. The summed E-state index contributed by atoms with van der Waals surface area (Å²) in [5.41, 5.74) is 2.92. The predicted molar refractivity (Wildman–Crippen MR) is 93.9 cm³/mol. The summed E-state index contributed by atoms with van der Waals surface area (Å²) in [6.07, 6.45) is 2.08. The number of nitrogens with one attached hydrogen (secondary N) is 1. The van der Waals surface area contributed by atoms with E-state index in [1.54, 1.807) is 0 Å². The molecule has 0 saturated heterocycles. The smallest absolute Gasteiger partial charge is 0.322 e.